The summed E-state index contributed by atoms with van der Waals surface area (Å²) in [6, 6.07) is 0. The van der Waals surface area contributed by atoms with Gasteiger partial charge in [0.1, 0.15) is 6.61 Å². The zero-order valence-electron chi connectivity index (χ0n) is 14.5. The molecule has 0 aliphatic carbocycles. The van der Waals surface area contributed by atoms with Crippen molar-refractivity contribution in [1.82, 2.24) is 5.32 Å². The van der Waals surface area contributed by atoms with Crippen molar-refractivity contribution < 1.29 is 25.2 Å². The van der Waals surface area contributed by atoms with E-state index in [1.807, 2.05) is 13.8 Å². The van der Waals surface area contributed by atoms with E-state index < -0.39 is 0 Å². The molecule has 0 aromatic heterocycles. The molecule has 0 spiro atoms. The average Bonchev–Trinajstić information content (AvgIpc) is 2.54. The van der Waals surface area contributed by atoms with E-state index in [4.69, 9.17) is 18.9 Å². The maximum atomic E-state index is 11.2. The van der Waals surface area contributed by atoms with E-state index in [1.54, 1.807) is 0 Å². The monoisotopic (exact) mass is 331 g/mol. The van der Waals surface area contributed by atoms with Gasteiger partial charge in [0, 0.05) is 20.8 Å². The molecular formula is C17H33NO5. The molecule has 0 aromatic carbocycles. The first-order chi connectivity index (χ1) is 11.3. The highest BCUT2D eigenvalue weighted by Gasteiger charge is 1.97. The van der Waals surface area contributed by atoms with Crippen molar-refractivity contribution in [2.24, 2.45) is 0 Å². The quantitative estimate of drug-likeness (QED) is 0.365. The molecule has 0 aliphatic rings. The molecule has 0 aliphatic heterocycles. The van der Waals surface area contributed by atoms with E-state index in [-0.39, 0.29) is 7.33 Å². The van der Waals surface area contributed by atoms with Crippen LogP contribution >= 0.6 is 0 Å². The van der Waals surface area contributed by atoms with Gasteiger partial charge in [0.25, 0.3) is 0 Å². The van der Waals surface area contributed by atoms with Crippen LogP contribution in [0.3, 0.4) is 0 Å². The topological polar surface area (TPSA) is 66.0 Å². The summed E-state index contributed by atoms with van der Waals surface area (Å²) < 4.78 is 21.3. The number of hydrogen-bond acceptors (Lipinski definition) is 5. The molecule has 6 heteroatoms. The van der Waals surface area contributed by atoms with Gasteiger partial charge in [0.15, 0.2) is 0 Å². The van der Waals surface area contributed by atoms with Crippen LogP contribution in [-0.2, 0) is 23.7 Å². The van der Waals surface area contributed by atoms with Gasteiger partial charge in [-0.3, -0.25) is 4.79 Å². The van der Waals surface area contributed by atoms with Crippen LogP contribution < -0.4 is 5.32 Å². The average molecular weight is 331 g/mol. The Morgan fingerprint density at radius 1 is 0.870 bits per heavy atom. The van der Waals surface area contributed by atoms with Gasteiger partial charge >= 0.3 is 0 Å². The molecule has 0 saturated carbocycles. The Labute approximate surface area is 141 Å². The number of carbonyl (C=O) groups excluding carboxylic acids is 1. The third-order valence-corrected chi connectivity index (χ3v) is 2.64. The molecule has 0 heterocycles. The second kappa shape index (κ2) is 18.9. The van der Waals surface area contributed by atoms with Crippen molar-refractivity contribution in [3.05, 3.63) is 0 Å². The van der Waals surface area contributed by atoms with E-state index in [0.29, 0.717) is 65.8 Å². The lowest BCUT2D eigenvalue weighted by Gasteiger charge is -2.07. The van der Waals surface area contributed by atoms with Gasteiger partial charge in [0.2, 0.25) is 5.91 Å². The first-order valence-corrected chi connectivity index (χ1v) is 8.34. The molecule has 0 radical (unpaired) electrons. The lowest BCUT2D eigenvalue weighted by molar-refractivity contribution is -0.121. The highest BCUT2D eigenvalue weighted by Crippen LogP contribution is 1.85. The fourth-order valence-electron chi connectivity index (χ4n) is 1.54. The molecular weight excluding hydrogens is 298 g/mol. The molecule has 0 unspecified atom stereocenters. The smallest absolute Gasteiger partial charge is 0.220 e. The van der Waals surface area contributed by atoms with Crippen LogP contribution in [0.25, 0.3) is 0 Å². The summed E-state index contributed by atoms with van der Waals surface area (Å²) in [6.07, 6.45) is 2.29. The van der Waals surface area contributed by atoms with Gasteiger partial charge in [-0.2, -0.15) is 0 Å². The summed E-state index contributed by atoms with van der Waals surface area (Å²) in [4.78, 5) is 11.2. The minimum absolute atomic E-state index is 0. The Hall–Kier alpha value is -1.13. The van der Waals surface area contributed by atoms with Crippen LogP contribution in [0.2, 0.25) is 0 Å². The SMILES string of the molecule is CCC#CCOCCOCCOCCOCCNC(=O)CCC.[HH]. The minimum atomic E-state index is 0. The van der Waals surface area contributed by atoms with Crippen LogP contribution in [0.1, 0.15) is 34.5 Å². The molecule has 0 atom stereocenters. The molecule has 6 nitrogen and oxygen atoms in total. The van der Waals surface area contributed by atoms with Crippen molar-refractivity contribution in [3.63, 3.8) is 0 Å². The summed E-state index contributed by atoms with van der Waals surface area (Å²) in [6.45, 7) is 8.71. The third-order valence-electron chi connectivity index (χ3n) is 2.64. The fourth-order valence-corrected chi connectivity index (χ4v) is 1.54. The summed E-state index contributed by atoms with van der Waals surface area (Å²) in [5.41, 5.74) is 0. The predicted molar refractivity (Wildman–Crippen MR) is 91.4 cm³/mol. The number of amides is 1. The third kappa shape index (κ3) is 18.8. The standard InChI is InChI=1S/C17H31NO5.H2/c1-3-5-6-9-20-11-13-22-15-16-23-14-12-21-10-8-18-17(19)7-4-2;/h3-4,7-16H2,1-2H3,(H,18,19);1H. The molecule has 136 valence electrons. The Kier molecular flexibility index (Phi) is 18.0. The summed E-state index contributed by atoms with van der Waals surface area (Å²) in [5.74, 6) is 5.91. The Morgan fingerprint density at radius 2 is 1.43 bits per heavy atom. The summed E-state index contributed by atoms with van der Waals surface area (Å²) >= 11 is 0. The summed E-state index contributed by atoms with van der Waals surface area (Å²) in [7, 11) is 0. The molecule has 0 aromatic rings. The Morgan fingerprint density at radius 3 is 2.00 bits per heavy atom. The van der Waals surface area contributed by atoms with E-state index in [9.17, 15) is 4.79 Å². The highest BCUT2D eigenvalue weighted by atomic mass is 16.6. The Balaban J connectivity index is 0. The molecule has 0 saturated heterocycles. The fraction of sp³-hybridized carbons (Fsp3) is 0.824. The first kappa shape index (κ1) is 21.9. The molecule has 0 rings (SSSR count). The molecule has 23 heavy (non-hydrogen) atoms. The first-order valence-electron chi connectivity index (χ1n) is 8.34. The minimum Gasteiger partial charge on any atom is -0.377 e. The van der Waals surface area contributed by atoms with Crippen molar-refractivity contribution in [2.45, 2.75) is 33.1 Å². The van der Waals surface area contributed by atoms with Crippen LogP contribution in [0.5, 0.6) is 0 Å². The molecule has 0 bridgehead atoms. The molecule has 1 N–H and O–H groups in total. The summed E-state index contributed by atoms with van der Waals surface area (Å²) in [5, 5.41) is 2.79. The second-order valence-electron chi connectivity index (χ2n) is 4.70. The maximum Gasteiger partial charge on any atom is 0.220 e. The molecule has 0 fully saturated rings. The molecule has 1 amide bonds. The van der Waals surface area contributed by atoms with Crippen LogP contribution in [0.15, 0.2) is 0 Å². The van der Waals surface area contributed by atoms with Gasteiger partial charge in [-0.15, -0.1) is 5.92 Å². The number of rotatable bonds is 15. The van der Waals surface area contributed by atoms with E-state index >= 15 is 0 Å². The lowest BCUT2D eigenvalue weighted by atomic mass is 10.3. The van der Waals surface area contributed by atoms with Gasteiger partial charge in [-0.05, 0) is 6.42 Å². The number of nitrogens with one attached hydrogen (secondary N) is 1. The van der Waals surface area contributed by atoms with Gasteiger partial charge < -0.3 is 24.3 Å². The van der Waals surface area contributed by atoms with E-state index in [2.05, 4.69) is 17.2 Å². The zero-order valence-corrected chi connectivity index (χ0v) is 14.5. The van der Waals surface area contributed by atoms with Gasteiger partial charge in [-0.1, -0.05) is 19.8 Å². The van der Waals surface area contributed by atoms with E-state index in [1.165, 1.54) is 0 Å². The van der Waals surface area contributed by atoms with Crippen molar-refractivity contribution in [1.29, 1.82) is 0 Å². The highest BCUT2D eigenvalue weighted by molar-refractivity contribution is 5.75. The van der Waals surface area contributed by atoms with E-state index in [0.717, 1.165) is 12.8 Å². The van der Waals surface area contributed by atoms with Crippen LogP contribution in [-0.4, -0.2) is 65.3 Å². The Bertz CT molecular complexity index is 331. The second-order valence-corrected chi connectivity index (χ2v) is 4.70. The number of carbonyl (C=O) groups is 1. The lowest BCUT2D eigenvalue weighted by Crippen LogP contribution is -2.27. The normalized spacial score (nSPS) is 10.2. The van der Waals surface area contributed by atoms with Crippen LogP contribution in [0, 0.1) is 11.8 Å². The maximum absolute atomic E-state index is 11.2. The van der Waals surface area contributed by atoms with Gasteiger partial charge in [-0.25, -0.2) is 0 Å². The predicted octanol–water partition coefficient (Wildman–Crippen LogP) is 1.63. The number of hydrogen-bond donors (Lipinski definition) is 1. The van der Waals surface area contributed by atoms with Gasteiger partial charge in [0.05, 0.1) is 46.2 Å². The van der Waals surface area contributed by atoms with Crippen LogP contribution in [0.4, 0.5) is 0 Å². The van der Waals surface area contributed by atoms with Crippen molar-refractivity contribution >= 4 is 5.91 Å². The van der Waals surface area contributed by atoms with Crippen molar-refractivity contribution in [2.75, 3.05) is 59.4 Å². The largest absolute Gasteiger partial charge is 0.377 e. The zero-order chi connectivity index (χ0) is 17.0. The number of ether oxygens (including phenoxy) is 4. The van der Waals surface area contributed by atoms with Crippen molar-refractivity contribution in [3.8, 4) is 11.8 Å².